The number of aliphatic hydroxyl groups is 1. The van der Waals surface area contributed by atoms with Crippen molar-refractivity contribution in [3.63, 3.8) is 0 Å². The molecule has 1 unspecified atom stereocenters. The SMILES string of the molecule is CC(O)CNCCCCC(C)(C)C(N)=NO. The maximum Gasteiger partial charge on any atom is 0.144 e. The van der Waals surface area contributed by atoms with Crippen LogP contribution in [0.5, 0.6) is 0 Å². The molecule has 0 fully saturated rings. The summed E-state index contributed by atoms with van der Waals surface area (Å²) in [6, 6.07) is 0. The average Bonchev–Trinajstić information content (AvgIpc) is 2.21. The lowest BCUT2D eigenvalue weighted by Crippen LogP contribution is -2.32. The number of amidine groups is 1. The Bertz CT molecular complexity index is 215. The molecule has 5 nitrogen and oxygen atoms in total. The third kappa shape index (κ3) is 6.63. The number of nitrogens with one attached hydrogen (secondary N) is 1. The molecule has 96 valence electrons. The smallest absolute Gasteiger partial charge is 0.144 e. The van der Waals surface area contributed by atoms with Crippen LogP contribution in [0.2, 0.25) is 0 Å². The second-order valence-corrected chi connectivity index (χ2v) is 4.88. The Morgan fingerprint density at radius 3 is 2.56 bits per heavy atom. The molecule has 0 saturated heterocycles. The topological polar surface area (TPSA) is 90.9 Å². The minimum Gasteiger partial charge on any atom is -0.409 e. The average molecular weight is 231 g/mol. The van der Waals surface area contributed by atoms with Crippen LogP contribution in [0.15, 0.2) is 5.16 Å². The fourth-order valence-electron chi connectivity index (χ4n) is 1.39. The van der Waals surface area contributed by atoms with Gasteiger partial charge in [-0.2, -0.15) is 0 Å². The van der Waals surface area contributed by atoms with Crippen LogP contribution in [0.25, 0.3) is 0 Å². The van der Waals surface area contributed by atoms with Crippen molar-refractivity contribution in [1.82, 2.24) is 5.32 Å². The lowest BCUT2D eigenvalue weighted by molar-refractivity contribution is 0.191. The fraction of sp³-hybridized carbons (Fsp3) is 0.909. The first-order valence-electron chi connectivity index (χ1n) is 5.77. The third-order valence-electron chi connectivity index (χ3n) is 2.65. The normalized spacial score (nSPS) is 15.1. The Morgan fingerprint density at radius 1 is 1.44 bits per heavy atom. The van der Waals surface area contributed by atoms with E-state index in [1.165, 1.54) is 0 Å². The van der Waals surface area contributed by atoms with Crippen LogP contribution >= 0.6 is 0 Å². The van der Waals surface area contributed by atoms with E-state index in [1.54, 1.807) is 6.92 Å². The van der Waals surface area contributed by atoms with Crippen LogP contribution in [0.1, 0.15) is 40.0 Å². The summed E-state index contributed by atoms with van der Waals surface area (Å²) >= 11 is 0. The van der Waals surface area contributed by atoms with Crippen LogP contribution in [0.4, 0.5) is 0 Å². The van der Waals surface area contributed by atoms with E-state index in [-0.39, 0.29) is 17.4 Å². The van der Waals surface area contributed by atoms with Gasteiger partial charge in [-0.3, -0.25) is 0 Å². The van der Waals surface area contributed by atoms with Crippen LogP contribution in [-0.2, 0) is 0 Å². The summed E-state index contributed by atoms with van der Waals surface area (Å²) in [5.74, 6) is 0.282. The van der Waals surface area contributed by atoms with Gasteiger partial charge in [0, 0.05) is 12.0 Å². The fourth-order valence-corrected chi connectivity index (χ4v) is 1.39. The lowest BCUT2D eigenvalue weighted by atomic mass is 9.86. The molecular weight excluding hydrogens is 206 g/mol. The molecule has 1 atom stereocenters. The van der Waals surface area contributed by atoms with Crippen molar-refractivity contribution in [2.75, 3.05) is 13.1 Å². The highest BCUT2D eigenvalue weighted by atomic mass is 16.4. The maximum absolute atomic E-state index is 9.02. The Balaban J connectivity index is 3.59. The van der Waals surface area contributed by atoms with E-state index < -0.39 is 0 Å². The highest BCUT2D eigenvalue weighted by molar-refractivity contribution is 5.85. The zero-order valence-corrected chi connectivity index (χ0v) is 10.5. The zero-order chi connectivity index (χ0) is 12.6. The van der Waals surface area contributed by atoms with Crippen molar-refractivity contribution in [3.05, 3.63) is 0 Å². The number of oxime groups is 1. The standard InChI is InChI=1S/C11H25N3O2/c1-9(15)8-13-7-5-4-6-11(2,3)10(12)14-16/h9,13,15-16H,4-8H2,1-3H3,(H2,12,14). The van der Waals surface area contributed by atoms with Gasteiger partial charge in [0.25, 0.3) is 0 Å². The summed E-state index contributed by atoms with van der Waals surface area (Å²) in [7, 11) is 0. The van der Waals surface area contributed by atoms with Crippen molar-refractivity contribution in [2.45, 2.75) is 46.1 Å². The number of nitrogens with two attached hydrogens (primary N) is 1. The molecule has 0 aromatic carbocycles. The number of rotatable bonds is 8. The largest absolute Gasteiger partial charge is 0.409 e. The van der Waals surface area contributed by atoms with E-state index in [1.807, 2.05) is 13.8 Å². The summed E-state index contributed by atoms with van der Waals surface area (Å²) in [5, 5.41) is 23.8. The van der Waals surface area contributed by atoms with Crippen molar-refractivity contribution in [3.8, 4) is 0 Å². The number of aliphatic hydroxyl groups excluding tert-OH is 1. The number of unbranched alkanes of at least 4 members (excludes halogenated alkanes) is 1. The van der Waals surface area contributed by atoms with Crippen LogP contribution in [0, 0.1) is 5.41 Å². The number of nitrogens with zero attached hydrogens (tertiary/aromatic N) is 1. The quantitative estimate of drug-likeness (QED) is 0.164. The highest BCUT2D eigenvalue weighted by Gasteiger charge is 2.22. The van der Waals surface area contributed by atoms with E-state index in [4.69, 9.17) is 16.0 Å². The molecule has 0 aliphatic rings. The first kappa shape index (κ1) is 15.2. The highest BCUT2D eigenvalue weighted by Crippen LogP contribution is 2.22. The van der Waals surface area contributed by atoms with Gasteiger partial charge in [-0.15, -0.1) is 0 Å². The molecule has 0 amide bonds. The first-order chi connectivity index (χ1) is 7.40. The Labute approximate surface area is 97.7 Å². The monoisotopic (exact) mass is 231 g/mol. The molecule has 0 rings (SSSR count). The predicted molar refractivity (Wildman–Crippen MR) is 65.6 cm³/mol. The van der Waals surface area contributed by atoms with Gasteiger partial charge in [-0.25, -0.2) is 0 Å². The van der Waals surface area contributed by atoms with E-state index >= 15 is 0 Å². The second-order valence-electron chi connectivity index (χ2n) is 4.88. The molecular formula is C11H25N3O2. The van der Waals surface area contributed by atoms with Crippen LogP contribution < -0.4 is 11.1 Å². The molecule has 5 N–H and O–H groups in total. The van der Waals surface area contributed by atoms with Crippen molar-refractivity contribution >= 4 is 5.84 Å². The number of hydrogen-bond acceptors (Lipinski definition) is 4. The van der Waals surface area contributed by atoms with E-state index in [2.05, 4.69) is 10.5 Å². The minimum absolute atomic E-state index is 0.251. The van der Waals surface area contributed by atoms with E-state index in [0.29, 0.717) is 6.54 Å². The zero-order valence-electron chi connectivity index (χ0n) is 10.5. The molecule has 0 spiro atoms. The predicted octanol–water partition coefficient (Wildman–Crippen LogP) is 0.900. The molecule has 5 heteroatoms. The molecule has 0 radical (unpaired) electrons. The van der Waals surface area contributed by atoms with Gasteiger partial charge in [-0.1, -0.05) is 25.4 Å². The van der Waals surface area contributed by atoms with Crippen molar-refractivity contribution in [2.24, 2.45) is 16.3 Å². The Morgan fingerprint density at radius 2 is 2.06 bits per heavy atom. The maximum atomic E-state index is 9.02. The molecule has 0 heterocycles. The van der Waals surface area contributed by atoms with Crippen molar-refractivity contribution in [1.29, 1.82) is 0 Å². The summed E-state index contributed by atoms with van der Waals surface area (Å²) < 4.78 is 0. The molecule has 0 saturated carbocycles. The summed E-state index contributed by atoms with van der Waals surface area (Å²) in [6.45, 7) is 7.20. The van der Waals surface area contributed by atoms with Gasteiger partial charge in [0.1, 0.15) is 5.84 Å². The first-order valence-corrected chi connectivity index (χ1v) is 5.77. The molecule has 0 aromatic rings. The molecule has 0 aromatic heterocycles. The van der Waals surface area contributed by atoms with E-state index in [0.717, 1.165) is 25.8 Å². The Hall–Kier alpha value is -0.810. The van der Waals surface area contributed by atoms with Crippen molar-refractivity contribution < 1.29 is 10.3 Å². The third-order valence-corrected chi connectivity index (χ3v) is 2.65. The number of hydrogen-bond donors (Lipinski definition) is 4. The summed E-state index contributed by atoms with van der Waals surface area (Å²) in [4.78, 5) is 0. The van der Waals surface area contributed by atoms with Gasteiger partial charge in [-0.05, 0) is 26.3 Å². The molecule has 16 heavy (non-hydrogen) atoms. The van der Waals surface area contributed by atoms with E-state index in [9.17, 15) is 0 Å². The van der Waals surface area contributed by atoms with Gasteiger partial charge in [0.15, 0.2) is 0 Å². The van der Waals surface area contributed by atoms with Gasteiger partial charge in [0.05, 0.1) is 6.10 Å². The van der Waals surface area contributed by atoms with Crippen LogP contribution in [-0.4, -0.2) is 35.3 Å². The van der Waals surface area contributed by atoms with Gasteiger partial charge < -0.3 is 21.4 Å². The molecule has 0 aliphatic heterocycles. The summed E-state index contributed by atoms with van der Waals surface area (Å²) in [6.07, 6.45) is 2.62. The van der Waals surface area contributed by atoms with Gasteiger partial charge >= 0.3 is 0 Å². The molecule has 0 aliphatic carbocycles. The molecule has 0 bridgehead atoms. The lowest BCUT2D eigenvalue weighted by Gasteiger charge is -2.22. The van der Waals surface area contributed by atoms with Gasteiger partial charge in [0.2, 0.25) is 0 Å². The minimum atomic E-state index is -0.298. The Kier molecular flexibility index (Phi) is 7.08. The second kappa shape index (κ2) is 7.46. The van der Waals surface area contributed by atoms with Crippen LogP contribution in [0.3, 0.4) is 0 Å². The summed E-state index contributed by atoms with van der Waals surface area (Å²) in [5.41, 5.74) is 5.33.